The molecule has 0 aliphatic rings. The molecule has 0 saturated heterocycles. The Balaban J connectivity index is 1.71. The first kappa shape index (κ1) is 22.5. The Kier molecular flexibility index (Phi) is 6.78. The summed E-state index contributed by atoms with van der Waals surface area (Å²) in [5, 5.41) is 10.6. The second-order valence-electron chi connectivity index (χ2n) is 8.63. The van der Waals surface area contributed by atoms with Gasteiger partial charge in [0, 0.05) is 10.9 Å². The van der Waals surface area contributed by atoms with E-state index in [-0.39, 0.29) is 0 Å². The van der Waals surface area contributed by atoms with Crippen molar-refractivity contribution in [3.63, 3.8) is 0 Å². The molecule has 6 heteroatoms. The van der Waals surface area contributed by atoms with Crippen molar-refractivity contribution in [1.29, 1.82) is 0 Å². The van der Waals surface area contributed by atoms with Gasteiger partial charge in [0.2, 0.25) is 0 Å². The van der Waals surface area contributed by atoms with Gasteiger partial charge in [-0.3, -0.25) is 4.90 Å². The largest absolute Gasteiger partial charge is 0.494 e. The Hall–Kier alpha value is -3.15. The maximum absolute atomic E-state index is 11.8. The Labute approximate surface area is 183 Å². The molecule has 1 unspecified atom stereocenters. The zero-order valence-corrected chi connectivity index (χ0v) is 18.8. The third kappa shape index (κ3) is 5.51. The van der Waals surface area contributed by atoms with Crippen molar-refractivity contribution in [3.05, 3.63) is 59.9 Å². The van der Waals surface area contributed by atoms with Crippen LogP contribution in [0.25, 0.3) is 11.0 Å². The van der Waals surface area contributed by atoms with Crippen LogP contribution in [-0.2, 0) is 6.61 Å². The van der Waals surface area contributed by atoms with Gasteiger partial charge in [-0.15, -0.1) is 0 Å². The fourth-order valence-corrected chi connectivity index (χ4v) is 3.57. The van der Waals surface area contributed by atoms with Crippen LogP contribution in [0.2, 0.25) is 0 Å². The molecule has 1 heterocycles. The topological polar surface area (TPSA) is 72.1 Å². The van der Waals surface area contributed by atoms with E-state index in [0.29, 0.717) is 24.6 Å². The number of carbonyl (C=O) groups is 1. The number of rotatable bonds is 8. The normalized spacial score (nSPS) is 12.5. The Bertz CT molecular complexity index is 1020. The number of carboxylic acid groups (broad SMARTS) is 1. The lowest BCUT2D eigenvalue weighted by atomic mass is 10.0. The molecule has 1 aromatic heterocycles. The van der Waals surface area contributed by atoms with Crippen molar-refractivity contribution in [2.75, 3.05) is 6.61 Å². The monoisotopic (exact) mass is 425 g/mol. The predicted octanol–water partition coefficient (Wildman–Crippen LogP) is 6.64. The summed E-state index contributed by atoms with van der Waals surface area (Å²) in [7, 11) is 0. The average Bonchev–Trinajstić information content (AvgIpc) is 3.13. The second-order valence-corrected chi connectivity index (χ2v) is 8.63. The first-order valence-corrected chi connectivity index (χ1v) is 10.6. The van der Waals surface area contributed by atoms with Crippen molar-refractivity contribution in [3.8, 4) is 11.5 Å². The molecule has 1 atom stereocenters. The van der Waals surface area contributed by atoms with Gasteiger partial charge in [0.15, 0.2) is 0 Å². The van der Waals surface area contributed by atoms with Crippen LogP contribution >= 0.6 is 0 Å². The third-order valence-electron chi connectivity index (χ3n) is 5.03. The van der Waals surface area contributed by atoms with Crippen LogP contribution in [0.3, 0.4) is 0 Å². The standard InChI is InChI=1S/C25H31NO5/c1-6-13-29-20-9-11-21(12-10-20)30-16-18-7-8-19-15-22(31-23(19)14-18)17(2)26(24(27)28)25(3,4)5/h7-12,14-15,17H,6,13,16H2,1-5H3,(H,27,28). The maximum Gasteiger partial charge on any atom is 0.408 e. The van der Waals surface area contributed by atoms with Gasteiger partial charge >= 0.3 is 6.09 Å². The number of hydrogen-bond donors (Lipinski definition) is 1. The molecule has 0 bridgehead atoms. The number of benzene rings is 2. The quantitative estimate of drug-likeness (QED) is 0.438. The van der Waals surface area contributed by atoms with Gasteiger partial charge in [-0.2, -0.15) is 0 Å². The third-order valence-corrected chi connectivity index (χ3v) is 5.03. The highest BCUT2D eigenvalue weighted by Gasteiger charge is 2.33. The molecule has 0 radical (unpaired) electrons. The van der Waals surface area contributed by atoms with Crippen LogP contribution in [0.4, 0.5) is 4.79 Å². The molecule has 3 rings (SSSR count). The second kappa shape index (κ2) is 9.33. The number of nitrogens with zero attached hydrogens (tertiary/aromatic N) is 1. The summed E-state index contributed by atoms with van der Waals surface area (Å²) in [5.41, 5.74) is 1.14. The molecule has 0 saturated carbocycles. The highest BCUT2D eigenvalue weighted by atomic mass is 16.5. The van der Waals surface area contributed by atoms with Crippen molar-refractivity contribution in [2.45, 2.75) is 59.2 Å². The van der Waals surface area contributed by atoms with Gasteiger partial charge < -0.3 is 19.0 Å². The summed E-state index contributed by atoms with van der Waals surface area (Å²) >= 11 is 0. The molecular weight excluding hydrogens is 394 g/mol. The van der Waals surface area contributed by atoms with Crippen LogP contribution in [0.1, 0.15) is 58.4 Å². The molecule has 31 heavy (non-hydrogen) atoms. The molecular formula is C25H31NO5. The van der Waals surface area contributed by atoms with Gasteiger partial charge in [-0.25, -0.2) is 4.79 Å². The number of amides is 1. The molecule has 3 aromatic rings. The Morgan fingerprint density at radius 3 is 2.29 bits per heavy atom. The smallest absolute Gasteiger partial charge is 0.408 e. The summed E-state index contributed by atoms with van der Waals surface area (Å²) in [6, 6.07) is 15.0. The van der Waals surface area contributed by atoms with Crippen molar-refractivity contribution in [1.82, 2.24) is 4.90 Å². The fourth-order valence-electron chi connectivity index (χ4n) is 3.57. The molecule has 2 aromatic carbocycles. The Morgan fingerprint density at radius 1 is 1.06 bits per heavy atom. The molecule has 0 aliphatic carbocycles. The van der Waals surface area contributed by atoms with E-state index in [4.69, 9.17) is 13.9 Å². The van der Waals surface area contributed by atoms with E-state index in [1.54, 1.807) is 0 Å². The van der Waals surface area contributed by atoms with Gasteiger partial charge in [0.25, 0.3) is 0 Å². The first-order chi connectivity index (χ1) is 14.7. The average molecular weight is 426 g/mol. The van der Waals surface area contributed by atoms with Gasteiger partial charge in [0.1, 0.15) is 29.4 Å². The highest BCUT2D eigenvalue weighted by molar-refractivity contribution is 5.79. The van der Waals surface area contributed by atoms with Crippen LogP contribution in [0, 0.1) is 0 Å². The molecule has 166 valence electrons. The molecule has 1 N–H and O–H groups in total. The van der Waals surface area contributed by atoms with Crippen molar-refractivity contribution >= 4 is 17.1 Å². The SMILES string of the molecule is CCCOc1ccc(OCc2ccc3cc(C(C)N(C(=O)O)C(C)(C)C)oc3c2)cc1. The van der Waals surface area contributed by atoms with E-state index in [1.165, 1.54) is 4.90 Å². The van der Waals surface area contributed by atoms with Gasteiger partial charge in [0.05, 0.1) is 12.6 Å². The molecule has 0 fully saturated rings. The van der Waals surface area contributed by atoms with Crippen LogP contribution in [-0.4, -0.2) is 28.2 Å². The molecule has 0 aliphatic heterocycles. The van der Waals surface area contributed by atoms with E-state index in [1.807, 2.05) is 76.2 Å². The maximum atomic E-state index is 11.8. The summed E-state index contributed by atoms with van der Waals surface area (Å²) < 4.78 is 17.5. The zero-order valence-electron chi connectivity index (χ0n) is 18.8. The molecule has 0 spiro atoms. The minimum absolute atomic E-state index is 0.403. The summed E-state index contributed by atoms with van der Waals surface area (Å²) in [6.45, 7) is 10.6. The van der Waals surface area contributed by atoms with Gasteiger partial charge in [-0.05, 0) is 76.1 Å². The predicted molar refractivity (Wildman–Crippen MR) is 121 cm³/mol. The Morgan fingerprint density at radius 2 is 1.71 bits per heavy atom. The minimum Gasteiger partial charge on any atom is -0.494 e. The summed E-state index contributed by atoms with van der Waals surface area (Å²) in [4.78, 5) is 13.2. The van der Waals surface area contributed by atoms with E-state index < -0.39 is 17.7 Å². The fraction of sp³-hybridized carbons (Fsp3) is 0.400. The van der Waals surface area contributed by atoms with Crippen LogP contribution in [0.15, 0.2) is 52.9 Å². The molecule has 1 amide bonds. The highest BCUT2D eigenvalue weighted by Crippen LogP contribution is 2.32. The lowest BCUT2D eigenvalue weighted by molar-refractivity contribution is 0.0689. The lowest BCUT2D eigenvalue weighted by Gasteiger charge is -2.37. The summed E-state index contributed by atoms with van der Waals surface area (Å²) in [6.07, 6.45) is -0.000835. The van der Waals surface area contributed by atoms with Crippen molar-refractivity contribution < 1.29 is 23.8 Å². The first-order valence-electron chi connectivity index (χ1n) is 10.6. The summed E-state index contributed by atoms with van der Waals surface area (Å²) in [5.74, 6) is 2.21. The minimum atomic E-state index is -0.972. The van der Waals surface area contributed by atoms with E-state index in [0.717, 1.165) is 28.9 Å². The number of hydrogen-bond acceptors (Lipinski definition) is 4. The number of ether oxygens (including phenoxy) is 2. The number of fused-ring (bicyclic) bond motifs is 1. The van der Waals surface area contributed by atoms with E-state index >= 15 is 0 Å². The molecule has 6 nitrogen and oxygen atoms in total. The zero-order chi connectivity index (χ0) is 22.6. The van der Waals surface area contributed by atoms with Crippen LogP contribution in [0.5, 0.6) is 11.5 Å². The van der Waals surface area contributed by atoms with Gasteiger partial charge in [-0.1, -0.05) is 19.1 Å². The van der Waals surface area contributed by atoms with E-state index in [2.05, 4.69) is 6.92 Å². The van der Waals surface area contributed by atoms with Crippen molar-refractivity contribution in [2.24, 2.45) is 0 Å². The van der Waals surface area contributed by atoms with E-state index in [9.17, 15) is 9.90 Å². The number of furan rings is 1. The van der Waals surface area contributed by atoms with Crippen LogP contribution < -0.4 is 9.47 Å². The lowest BCUT2D eigenvalue weighted by Crippen LogP contribution is -2.46.